The van der Waals surface area contributed by atoms with Gasteiger partial charge in [-0.3, -0.25) is 13.7 Å². The van der Waals surface area contributed by atoms with Crippen molar-refractivity contribution in [3.8, 4) is 17.1 Å². The predicted octanol–water partition coefficient (Wildman–Crippen LogP) is 7.85. The van der Waals surface area contributed by atoms with E-state index < -0.39 is 17.1 Å². The lowest BCUT2D eigenvalue weighted by Crippen LogP contribution is -2.26. The molecule has 1 aliphatic carbocycles. The third-order valence-corrected chi connectivity index (χ3v) is 8.39. The van der Waals surface area contributed by atoms with Crippen LogP contribution in [0.1, 0.15) is 45.8 Å². The van der Waals surface area contributed by atoms with E-state index in [-0.39, 0.29) is 30.7 Å². The van der Waals surface area contributed by atoms with Crippen LogP contribution >= 0.6 is 11.6 Å². The van der Waals surface area contributed by atoms with E-state index in [1.165, 1.54) is 16.4 Å². The van der Waals surface area contributed by atoms with E-state index in [4.69, 9.17) is 20.8 Å². The summed E-state index contributed by atoms with van der Waals surface area (Å²) in [7, 11) is 1.55. The number of amides is 1. The van der Waals surface area contributed by atoms with E-state index in [2.05, 4.69) is 5.32 Å². The molecule has 5 aromatic rings. The molecule has 0 saturated heterocycles. The first-order valence-electron chi connectivity index (χ1n) is 13.7. The van der Waals surface area contributed by atoms with Gasteiger partial charge in [-0.25, -0.2) is 8.60 Å². The Morgan fingerprint density at radius 1 is 1.07 bits per heavy atom. The number of halogens is 2. The molecule has 10 heteroatoms. The van der Waals surface area contributed by atoms with Gasteiger partial charge in [0.2, 0.25) is 0 Å². The van der Waals surface area contributed by atoms with Crippen LogP contribution in [-0.4, -0.2) is 21.7 Å². The van der Waals surface area contributed by atoms with Crippen molar-refractivity contribution in [2.45, 2.75) is 31.9 Å². The molecule has 4 aromatic carbocycles. The molecule has 1 atom stereocenters. The first-order valence-corrected chi connectivity index (χ1v) is 15.2. The number of rotatable bonds is 10. The molecule has 1 amide bonds. The van der Waals surface area contributed by atoms with Crippen LogP contribution in [0.3, 0.4) is 0 Å². The smallest absolute Gasteiger partial charge is 0.262 e. The molecule has 0 aliphatic heterocycles. The van der Waals surface area contributed by atoms with Gasteiger partial charge in [-0.05, 0) is 77.9 Å². The van der Waals surface area contributed by atoms with Gasteiger partial charge in [-0.2, -0.15) is 0 Å². The van der Waals surface area contributed by atoms with Crippen molar-refractivity contribution in [1.82, 2.24) is 5.32 Å². The fourth-order valence-corrected chi connectivity index (χ4v) is 5.84. The summed E-state index contributed by atoms with van der Waals surface area (Å²) >= 11 is 3.64. The summed E-state index contributed by atoms with van der Waals surface area (Å²) in [6, 6.07) is 24.5. The minimum atomic E-state index is -2.44. The van der Waals surface area contributed by atoms with Gasteiger partial charge in [0.05, 0.1) is 17.8 Å². The number of anilines is 1. The Balaban J connectivity index is 1.36. The van der Waals surface area contributed by atoms with E-state index in [0.717, 1.165) is 24.0 Å². The van der Waals surface area contributed by atoms with E-state index in [9.17, 15) is 13.6 Å². The van der Waals surface area contributed by atoms with Crippen molar-refractivity contribution in [1.29, 1.82) is 0 Å². The van der Waals surface area contributed by atoms with Gasteiger partial charge in [0.1, 0.15) is 18.0 Å². The zero-order chi connectivity index (χ0) is 30.1. The Morgan fingerprint density at radius 3 is 2.47 bits per heavy atom. The molecule has 2 N–H and O–H groups in total. The summed E-state index contributed by atoms with van der Waals surface area (Å²) in [4.78, 5) is 13.1. The second-order valence-corrected chi connectivity index (χ2v) is 11.7. The Labute approximate surface area is 255 Å². The summed E-state index contributed by atoms with van der Waals surface area (Å²) in [6.45, 7) is 0.172. The van der Waals surface area contributed by atoms with E-state index in [1.807, 2.05) is 36.4 Å². The molecule has 7 nitrogen and oxygen atoms in total. The number of hydrogen-bond acceptors (Lipinski definition) is 4. The second kappa shape index (κ2) is 12.2. The third-order valence-electron chi connectivity index (χ3n) is 7.43. The van der Waals surface area contributed by atoms with Gasteiger partial charge in [0.25, 0.3) is 17.2 Å². The maximum atomic E-state index is 15.0. The summed E-state index contributed by atoms with van der Waals surface area (Å²) in [5, 5.41) is 3.84. The molecule has 1 unspecified atom stereocenters. The molecular weight excluding hydrogens is 591 g/mol. The molecule has 0 bridgehead atoms. The van der Waals surface area contributed by atoms with Crippen molar-refractivity contribution in [3.63, 3.8) is 0 Å². The quantitative estimate of drug-likeness (QED) is 0.156. The average Bonchev–Trinajstić information content (AvgIpc) is 3.79. The Morgan fingerprint density at radius 2 is 1.81 bits per heavy atom. The largest absolute Gasteiger partial charge is 0.486 e. The molecule has 1 fully saturated rings. The normalized spacial score (nSPS) is 13.6. The Bertz CT molecular complexity index is 1820. The highest BCUT2D eigenvalue weighted by Crippen LogP contribution is 2.48. The van der Waals surface area contributed by atoms with E-state index in [1.54, 1.807) is 43.4 Å². The van der Waals surface area contributed by atoms with Crippen LogP contribution in [0.25, 0.3) is 22.3 Å². The SMILES string of the molecule is CNC(=O)c1c(-c2ccc(Cl)cc2)oc2cc(N(Cc3ccc(OCc4ccccc4)c(F)c3)S(=O)O)c(C3CC3)cc12. The average molecular weight is 619 g/mol. The summed E-state index contributed by atoms with van der Waals surface area (Å²) in [6.07, 6.45) is 1.81. The van der Waals surface area contributed by atoms with Crippen LogP contribution in [0, 0.1) is 5.82 Å². The molecule has 220 valence electrons. The molecule has 43 heavy (non-hydrogen) atoms. The zero-order valence-corrected chi connectivity index (χ0v) is 24.8. The number of benzene rings is 4. The molecule has 6 rings (SSSR count). The van der Waals surface area contributed by atoms with Crippen LogP contribution in [0.4, 0.5) is 10.1 Å². The van der Waals surface area contributed by atoms with Crippen LogP contribution < -0.4 is 14.4 Å². The lowest BCUT2D eigenvalue weighted by atomic mass is 10.00. The second-order valence-electron chi connectivity index (χ2n) is 10.4. The zero-order valence-electron chi connectivity index (χ0n) is 23.2. The maximum absolute atomic E-state index is 15.0. The summed E-state index contributed by atoms with van der Waals surface area (Å²) in [5.41, 5.74) is 4.13. The van der Waals surface area contributed by atoms with Crippen molar-refractivity contribution in [2.75, 3.05) is 11.4 Å². The summed E-state index contributed by atoms with van der Waals surface area (Å²) in [5.74, 6) is -0.261. The Kier molecular flexibility index (Phi) is 8.21. The minimum Gasteiger partial charge on any atom is -0.486 e. The first kappa shape index (κ1) is 28.9. The molecular formula is C33H28ClFN2O5S. The topological polar surface area (TPSA) is 92.0 Å². The fraction of sp³-hybridized carbons (Fsp3) is 0.182. The van der Waals surface area contributed by atoms with Gasteiger partial charge in [-0.1, -0.05) is 48.0 Å². The maximum Gasteiger partial charge on any atom is 0.262 e. The predicted molar refractivity (Wildman–Crippen MR) is 166 cm³/mol. The number of carbonyl (C=O) groups is 1. The van der Waals surface area contributed by atoms with Gasteiger partial charge in [0, 0.05) is 29.1 Å². The third kappa shape index (κ3) is 6.15. The van der Waals surface area contributed by atoms with E-state index in [0.29, 0.717) is 44.1 Å². The van der Waals surface area contributed by atoms with Gasteiger partial charge in [-0.15, -0.1) is 0 Å². The molecule has 1 aromatic heterocycles. The van der Waals surface area contributed by atoms with Crippen LogP contribution in [0.2, 0.25) is 5.02 Å². The number of hydrogen-bond donors (Lipinski definition) is 2. The fourth-order valence-electron chi connectivity index (χ4n) is 5.13. The van der Waals surface area contributed by atoms with Crippen molar-refractivity contribution in [2.24, 2.45) is 0 Å². The Hall–Kier alpha value is -4.18. The number of ether oxygens (including phenoxy) is 1. The number of nitrogens with one attached hydrogen (secondary N) is 1. The highest BCUT2D eigenvalue weighted by atomic mass is 35.5. The molecule has 1 heterocycles. The highest BCUT2D eigenvalue weighted by molar-refractivity contribution is 7.80. The number of fused-ring (bicyclic) bond motifs is 1. The molecule has 1 aliphatic rings. The first-order chi connectivity index (χ1) is 20.8. The van der Waals surface area contributed by atoms with Gasteiger partial charge >= 0.3 is 0 Å². The highest BCUT2D eigenvalue weighted by Gasteiger charge is 2.32. The van der Waals surface area contributed by atoms with Crippen LogP contribution in [-0.2, 0) is 24.4 Å². The van der Waals surface area contributed by atoms with Crippen LogP contribution in [0.15, 0.2) is 89.3 Å². The lowest BCUT2D eigenvalue weighted by Gasteiger charge is -2.23. The van der Waals surface area contributed by atoms with Gasteiger partial charge in [0.15, 0.2) is 11.6 Å². The summed E-state index contributed by atoms with van der Waals surface area (Å²) < 4.78 is 51.4. The number of furan rings is 1. The van der Waals surface area contributed by atoms with E-state index >= 15 is 4.39 Å². The van der Waals surface area contributed by atoms with Gasteiger partial charge < -0.3 is 14.5 Å². The lowest BCUT2D eigenvalue weighted by molar-refractivity contribution is 0.0964. The van der Waals surface area contributed by atoms with Crippen molar-refractivity contribution in [3.05, 3.63) is 118 Å². The minimum absolute atomic E-state index is 0.0444. The molecule has 0 radical (unpaired) electrons. The molecule has 0 spiro atoms. The number of carbonyl (C=O) groups excluding carboxylic acids is 1. The van der Waals surface area contributed by atoms with Crippen molar-refractivity contribution >= 4 is 45.4 Å². The van der Waals surface area contributed by atoms with Crippen molar-refractivity contribution < 1.29 is 27.1 Å². The number of nitrogens with zero attached hydrogens (tertiary/aromatic N) is 1. The molecule has 1 saturated carbocycles. The monoisotopic (exact) mass is 618 g/mol. The standard InChI is InChI=1S/C33H28ClFN2O5S/c1-36-33(38)31-26-16-25(22-8-9-22)28(17-30(26)42-32(31)23-10-12-24(34)13-11-23)37(43(39)40)18-21-7-14-29(27(35)15-21)41-19-20-5-3-2-4-6-20/h2-7,10-17,22H,8-9,18-19H2,1H3,(H,36,38)(H,39,40). The van der Waals surface area contributed by atoms with Crippen LogP contribution in [0.5, 0.6) is 5.75 Å².